The number of carbonyl (C=O) groups is 1. The molecule has 0 saturated carbocycles. The third-order valence-corrected chi connectivity index (χ3v) is 5.26. The van der Waals surface area contributed by atoms with Crippen molar-refractivity contribution in [3.63, 3.8) is 0 Å². The van der Waals surface area contributed by atoms with E-state index in [1.807, 2.05) is 36.6 Å². The average molecular weight is 450 g/mol. The Morgan fingerprint density at radius 2 is 2.03 bits per heavy atom. The molecular formula is C22H19FN6O2S. The van der Waals surface area contributed by atoms with Gasteiger partial charge in [-0.3, -0.25) is 4.79 Å². The molecule has 2 aromatic carbocycles. The highest BCUT2D eigenvalue weighted by Crippen LogP contribution is 2.20. The van der Waals surface area contributed by atoms with E-state index in [9.17, 15) is 9.18 Å². The number of nitrogens with zero attached hydrogens (tertiary/aromatic N) is 5. The highest BCUT2D eigenvalue weighted by Gasteiger charge is 2.10. The first-order valence-electron chi connectivity index (χ1n) is 9.66. The van der Waals surface area contributed by atoms with E-state index in [2.05, 4.69) is 25.8 Å². The second kappa shape index (κ2) is 9.48. The summed E-state index contributed by atoms with van der Waals surface area (Å²) in [7, 11) is 0. The molecule has 1 N–H and O–H groups in total. The summed E-state index contributed by atoms with van der Waals surface area (Å²) < 4.78 is 21.3. The highest BCUT2D eigenvalue weighted by molar-refractivity contribution is 7.09. The van der Waals surface area contributed by atoms with Crippen molar-refractivity contribution in [2.24, 2.45) is 0 Å². The van der Waals surface area contributed by atoms with Crippen LogP contribution in [0.25, 0.3) is 11.8 Å². The van der Waals surface area contributed by atoms with Crippen LogP contribution in [0.3, 0.4) is 0 Å². The zero-order chi connectivity index (χ0) is 22.5. The molecule has 4 aromatic rings. The van der Waals surface area contributed by atoms with Gasteiger partial charge in [0.05, 0.1) is 22.1 Å². The second-order valence-corrected chi connectivity index (χ2v) is 7.90. The van der Waals surface area contributed by atoms with E-state index in [1.165, 1.54) is 29.0 Å². The molecule has 8 nitrogen and oxygen atoms in total. The summed E-state index contributed by atoms with van der Waals surface area (Å²) >= 11 is 1.58. The maximum absolute atomic E-state index is 14.2. The van der Waals surface area contributed by atoms with Gasteiger partial charge in [-0.15, -0.1) is 16.4 Å². The summed E-state index contributed by atoms with van der Waals surface area (Å²) in [6.45, 7) is 4.07. The van der Waals surface area contributed by atoms with Gasteiger partial charge >= 0.3 is 0 Å². The molecule has 1 amide bonds. The van der Waals surface area contributed by atoms with Crippen molar-refractivity contribution < 1.29 is 13.9 Å². The molecule has 0 aliphatic carbocycles. The lowest BCUT2D eigenvalue weighted by Crippen LogP contribution is -2.10. The lowest BCUT2D eigenvalue weighted by Gasteiger charge is -2.07. The topological polar surface area (TPSA) is 94.8 Å². The van der Waals surface area contributed by atoms with E-state index in [0.717, 1.165) is 16.3 Å². The number of hydrogen-bond donors (Lipinski definition) is 1. The van der Waals surface area contributed by atoms with Crippen LogP contribution in [0, 0.1) is 19.7 Å². The number of rotatable bonds is 7. The van der Waals surface area contributed by atoms with Gasteiger partial charge in [0.1, 0.15) is 18.2 Å². The van der Waals surface area contributed by atoms with Gasteiger partial charge in [0.25, 0.3) is 0 Å². The van der Waals surface area contributed by atoms with Crippen molar-refractivity contribution >= 4 is 29.0 Å². The van der Waals surface area contributed by atoms with Crippen molar-refractivity contribution in [3.8, 4) is 11.4 Å². The molecule has 0 aliphatic rings. The minimum atomic E-state index is -0.557. The molecule has 0 bridgehead atoms. The summed E-state index contributed by atoms with van der Waals surface area (Å²) in [4.78, 5) is 16.6. The fourth-order valence-corrected chi connectivity index (χ4v) is 3.46. The number of amides is 1. The Hall–Kier alpha value is -3.92. The molecule has 2 aromatic heterocycles. The van der Waals surface area contributed by atoms with E-state index < -0.39 is 11.7 Å². The smallest absolute Gasteiger partial charge is 0.248 e. The quantitative estimate of drug-likeness (QED) is 0.426. The number of halogens is 1. The molecule has 10 heteroatoms. The van der Waals surface area contributed by atoms with E-state index >= 15 is 0 Å². The summed E-state index contributed by atoms with van der Waals surface area (Å²) in [5.41, 5.74) is 2.26. The number of ether oxygens (including phenoxy) is 1. The Morgan fingerprint density at radius 1 is 1.22 bits per heavy atom. The predicted octanol–water partition coefficient (Wildman–Crippen LogP) is 4.11. The van der Waals surface area contributed by atoms with Crippen LogP contribution in [-0.4, -0.2) is 31.1 Å². The molecule has 0 radical (unpaired) electrons. The van der Waals surface area contributed by atoms with Crippen molar-refractivity contribution in [1.29, 1.82) is 0 Å². The first kappa shape index (κ1) is 21.3. The number of nitrogens with one attached hydrogen (secondary N) is 1. The fraction of sp³-hybridized carbons (Fsp3) is 0.136. The molecule has 0 atom stereocenters. The molecule has 0 aliphatic heterocycles. The van der Waals surface area contributed by atoms with Crippen molar-refractivity contribution in [2.75, 3.05) is 5.32 Å². The molecule has 2 heterocycles. The number of thiazole rings is 1. The molecule has 0 fully saturated rings. The van der Waals surface area contributed by atoms with Crippen LogP contribution in [0.5, 0.6) is 5.75 Å². The number of benzene rings is 2. The Kier molecular flexibility index (Phi) is 6.31. The largest absolute Gasteiger partial charge is 0.487 e. The third-order valence-electron chi connectivity index (χ3n) is 4.44. The van der Waals surface area contributed by atoms with Gasteiger partial charge in [0.15, 0.2) is 5.82 Å². The third kappa shape index (κ3) is 5.22. The highest BCUT2D eigenvalue weighted by atomic mass is 32.1. The molecule has 0 saturated heterocycles. The SMILES string of the molecule is Cc1nc(COc2ccc(/C=C/C(=O)Nc3cc(-n4nnnc4C)ccc3F)cc2)cs1. The maximum atomic E-state index is 14.2. The monoisotopic (exact) mass is 450 g/mol. The van der Waals surface area contributed by atoms with E-state index in [0.29, 0.717) is 23.9 Å². The standard InChI is InChI=1S/C22H19FN6O2S/c1-14-26-27-28-29(14)18-6-9-20(23)21(11-18)25-22(30)10-5-16-3-7-19(8-4-16)31-12-17-13-32-15(2)24-17/h3-11,13H,12H2,1-2H3,(H,25,30)/b10-5+. The van der Waals surface area contributed by atoms with Crippen LogP contribution in [0.2, 0.25) is 0 Å². The summed E-state index contributed by atoms with van der Waals surface area (Å²) in [5.74, 6) is 0.226. The first-order chi connectivity index (χ1) is 15.5. The Morgan fingerprint density at radius 3 is 2.72 bits per heavy atom. The van der Waals surface area contributed by atoms with Crippen LogP contribution >= 0.6 is 11.3 Å². The van der Waals surface area contributed by atoms with E-state index in [-0.39, 0.29) is 5.69 Å². The van der Waals surface area contributed by atoms with E-state index in [1.54, 1.807) is 24.3 Å². The summed E-state index contributed by atoms with van der Waals surface area (Å²) in [5, 5.41) is 16.7. The Balaban J connectivity index is 1.36. The average Bonchev–Trinajstić information content (AvgIpc) is 3.41. The lowest BCUT2D eigenvalue weighted by molar-refractivity contribution is -0.111. The molecular weight excluding hydrogens is 431 g/mol. The van der Waals surface area contributed by atoms with Gasteiger partial charge in [0.2, 0.25) is 5.91 Å². The van der Waals surface area contributed by atoms with Crippen molar-refractivity contribution in [3.05, 3.63) is 81.8 Å². The lowest BCUT2D eigenvalue weighted by atomic mass is 10.2. The zero-order valence-corrected chi connectivity index (χ0v) is 18.1. The number of aryl methyl sites for hydroxylation is 2. The normalized spacial score (nSPS) is 11.1. The van der Waals surface area contributed by atoms with Crippen LogP contribution in [0.15, 0.2) is 53.9 Å². The van der Waals surface area contributed by atoms with Crippen molar-refractivity contribution in [2.45, 2.75) is 20.5 Å². The minimum absolute atomic E-state index is 0.0353. The molecule has 32 heavy (non-hydrogen) atoms. The number of anilines is 1. The Bertz CT molecular complexity index is 1270. The first-order valence-corrected chi connectivity index (χ1v) is 10.5. The van der Waals surface area contributed by atoms with Gasteiger partial charge in [-0.1, -0.05) is 12.1 Å². The van der Waals surface area contributed by atoms with Gasteiger partial charge in [-0.05, 0) is 66.2 Å². The van der Waals surface area contributed by atoms with Gasteiger partial charge < -0.3 is 10.1 Å². The van der Waals surface area contributed by atoms with Crippen LogP contribution in [0.1, 0.15) is 22.1 Å². The van der Waals surface area contributed by atoms with E-state index in [4.69, 9.17) is 4.74 Å². The minimum Gasteiger partial charge on any atom is -0.487 e. The van der Waals surface area contributed by atoms with Crippen molar-refractivity contribution in [1.82, 2.24) is 25.2 Å². The zero-order valence-electron chi connectivity index (χ0n) is 17.3. The summed E-state index contributed by atoms with van der Waals surface area (Å²) in [6, 6.07) is 11.5. The maximum Gasteiger partial charge on any atom is 0.248 e. The molecule has 0 unspecified atom stereocenters. The fourth-order valence-electron chi connectivity index (χ4n) is 2.86. The van der Waals surface area contributed by atoms with Gasteiger partial charge in [-0.2, -0.15) is 4.68 Å². The Labute approximate surface area is 187 Å². The summed E-state index contributed by atoms with van der Waals surface area (Å²) in [6.07, 6.45) is 2.97. The molecule has 4 rings (SSSR count). The van der Waals surface area contributed by atoms with Crippen LogP contribution < -0.4 is 10.1 Å². The van der Waals surface area contributed by atoms with Crippen LogP contribution in [-0.2, 0) is 11.4 Å². The number of hydrogen-bond acceptors (Lipinski definition) is 7. The van der Waals surface area contributed by atoms with Gasteiger partial charge in [0, 0.05) is 11.5 Å². The van der Waals surface area contributed by atoms with Crippen LogP contribution in [0.4, 0.5) is 10.1 Å². The molecule has 0 spiro atoms. The predicted molar refractivity (Wildman–Crippen MR) is 119 cm³/mol. The van der Waals surface area contributed by atoms with Gasteiger partial charge in [-0.25, -0.2) is 9.37 Å². The molecule has 162 valence electrons. The number of aromatic nitrogens is 5. The number of tetrazole rings is 1. The second-order valence-electron chi connectivity index (χ2n) is 6.84. The number of carbonyl (C=O) groups excluding carboxylic acids is 1.